The molecule has 11 heteroatoms. The van der Waals surface area contributed by atoms with Crippen molar-refractivity contribution in [2.24, 2.45) is 5.84 Å². The highest BCUT2D eigenvalue weighted by Gasteiger charge is 2.32. The number of hydrogen-bond donors (Lipinski definition) is 4. The molecule has 136 valence electrons. The second kappa shape index (κ2) is 5.97. The zero-order chi connectivity index (χ0) is 18.4. The van der Waals surface area contributed by atoms with Crippen LogP contribution in [-0.4, -0.2) is 36.7 Å². The molecule has 0 bridgehead atoms. The van der Waals surface area contributed by atoms with E-state index < -0.39 is 5.91 Å². The number of carbonyl (C=O) groups excluding carboxylic acids is 1. The number of rotatable bonds is 5. The number of imidazole rings is 1. The van der Waals surface area contributed by atoms with Gasteiger partial charge >= 0.3 is 11.6 Å². The molecule has 0 spiro atoms. The summed E-state index contributed by atoms with van der Waals surface area (Å²) in [5, 5.41) is 9.31. The number of aliphatic hydroxyl groups is 1. The normalized spacial score (nSPS) is 14.1. The fourth-order valence-electron chi connectivity index (χ4n) is 3.08. The molecule has 0 radical (unpaired) electrons. The maximum Gasteiger partial charge on any atom is 0.330 e. The summed E-state index contributed by atoms with van der Waals surface area (Å²) >= 11 is 0. The Labute approximate surface area is 146 Å². The van der Waals surface area contributed by atoms with Crippen LogP contribution in [0.25, 0.3) is 22.4 Å². The number of carbonyl (C=O) groups is 1. The van der Waals surface area contributed by atoms with E-state index in [0.29, 0.717) is 22.4 Å². The lowest BCUT2D eigenvalue weighted by Gasteiger charge is -2.07. The molecule has 3 aromatic rings. The minimum atomic E-state index is -0.634. The third kappa shape index (κ3) is 2.36. The van der Waals surface area contributed by atoms with E-state index in [4.69, 9.17) is 16.0 Å². The monoisotopic (exact) mass is 359 g/mol. The van der Waals surface area contributed by atoms with Gasteiger partial charge in [0.05, 0.1) is 25.0 Å². The van der Waals surface area contributed by atoms with Crippen molar-refractivity contribution in [3.8, 4) is 11.3 Å². The van der Waals surface area contributed by atoms with Crippen LogP contribution in [0.4, 0.5) is 5.95 Å². The summed E-state index contributed by atoms with van der Waals surface area (Å²) in [5.74, 6) is 4.46. The smallest absolute Gasteiger partial charge is 0.330 e. The molecular formula is C15H17N7O4. The molecule has 1 aliphatic carbocycles. The molecule has 0 atom stereocenters. The lowest BCUT2D eigenvalue weighted by Crippen LogP contribution is -2.30. The Balaban J connectivity index is 2.08. The Morgan fingerprint density at radius 3 is 2.85 bits per heavy atom. The highest BCUT2D eigenvalue weighted by molar-refractivity contribution is 6.01. The third-order valence-electron chi connectivity index (χ3n) is 4.31. The molecule has 1 fully saturated rings. The molecule has 4 rings (SSSR count). The number of nitrogens with zero attached hydrogens (tertiary/aromatic N) is 4. The predicted molar refractivity (Wildman–Crippen MR) is 90.9 cm³/mol. The molecule has 0 aliphatic heterocycles. The van der Waals surface area contributed by atoms with Gasteiger partial charge in [-0.2, -0.15) is 4.98 Å². The second-order valence-corrected chi connectivity index (χ2v) is 6.00. The first-order valence-electron chi connectivity index (χ1n) is 8.04. The number of nitrogens with one attached hydrogen (secondary N) is 1. The molecule has 6 N–H and O–H groups in total. The number of hydrogen-bond acceptors (Lipinski definition) is 8. The van der Waals surface area contributed by atoms with Gasteiger partial charge in [0, 0.05) is 6.04 Å². The van der Waals surface area contributed by atoms with Gasteiger partial charge in [-0.25, -0.2) is 15.6 Å². The number of amides is 1. The number of nitrogen functional groups attached to an aromatic ring is 2. The van der Waals surface area contributed by atoms with E-state index in [1.807, 2.05) is 5.43 Å². The van der Waals surface area contributed by atoms with E-state index in [-0.39, 0.29) is 36.6 Å². The first-order chi connectivity index (χ1) is 12.6. The van der Waals surface area contributed by atoms with Crippen LogP contribution >= 0.6 is 0 Å². The fourth-order valence-corrected chi connectivity index (χ4v) is 3.08. The summed E-state index contributed by atoms with van der Waals surface area (Å²) in [6.07, 6.45) is 3.03. The molecule has 3 heterocycles. The number of aromatic nitrogens is 4. The highest BCUT2D eigenvalue weighted by atomic mass is 16.3. The third-order valence-corrected chi connectivity index (χ3v) is 4.31. The summed E-state index contributed by atoms with van der Waals surface area (Å²) in [6, 6.07) is 1.58. The van der Waals surface area contributed by atoms with Crippen molar-refractivity contribution in [1.82, 2.24) is 24.5 Å². The Morgan fingerprint density at radius 1 is 1.42 bits per heavy atom. The predicted octanol–water partition coefficient (Wildman–Crippen LogP) is -0.634. The van der Waals surface area contributed by atoms with E-state index in [9.17, 15) is 14.7 Å². The zero-order valence-corrected chi connectivity index (χ0v) is 13.7. The van der Waals surface area contributed by atoms with Crippen LogP contribution in [0.1, 0.15) is 29.4 Å². The summed E-state index contributed by atoms with van der Waals surface area (Å²) in [4.78, 5) is 33.3. The zero-order valence-electron chi connectivity index (χ0n) is 13.7. The van der Waals surface area contributed by atoms with Crippen LogP contribution in [0.15, 0.2) is 21.5 Å². The van der Waals surface area contributed by atoms with Gasteiger partial charge in [-0.15, -0.1) is 0 Å². The maximum absolute atomic E-state index is 12.9. The van der Waals surface area contributed by atoms with E-state index in [2.05, 4.69) is 9.97 Å². The quantitative estimate of drug-likeness (QED) is 0.265. The van der Waals surface area contributed by atoms with E-state index in [1.54, 1.807) is 10.6 Å². The van der Waals surface area contributed by atoms with Gasteiger partial charge < -0.3 is 15.3 Å². The van der Waals surface area contributed by atoms with Crippen molar-refractivity contribution < 1.29 is 14.3 Å². The van der Waals surface area contributed by atoms with E-state index in [1.165, 1.54) is 10.8 Å². The number of fused-ring (bicyclic) bond motifs is 1. The number of furan rings is 1. The molecule has 11 nitrogen and oxygen atoms in total. The largest absolute Gasteiger partial charge is 0.458 e. The van der Waals surface area contributed by atoms with Gasteiger partial charge in [-0.1, -0.05) is 0 Å². The molecule has 0 aromatic carbocycles. The molecule has 1 aliphatic rings. The Hall–Kier alpha value is -3.18. The van der Waals surface area contributed by atoms with Crippen LogP contribution in [0.5, 0.6) is 0 Å². The Bertz CT molecular complexity index is 1060. The van der Waals surface area contributed by atoms with Crippen molar-refractivity contribution in [3.05, 3.63) is 28.6 Å². The molecule has 3 aromatic heterocycles. The van der Waals surface area contributed by atoms with Crippen LogP contribution in [0.2, 0.25) is 0 Å². The van der Waals surface area contributed by atoms with Crippen molar-refractivity contribution in [3.63, 3.8) is 0 Å². The summed E-state index contributed by atoms with van der Waals surface area (Å²) < 4.78 is 8.19. The number of anilines is 1. The summed E-state index contributed by atoms with van der Waals surface area (Å²) in [6.45, 7) is -0.151. The van der Waals surface area contributed by atoms with Gasteiger partial charge in [0.25, 0.3) is 0 Å². The Kier molecular flexibility index (Phi) is 3.74. The minimum absolute atomic E-state index is 0.0228. The van der Waals surface area contributed by atoms with Crippen LogP contribution in [0.3, 0.4) is 0 Å². The molecule has 0 saturated heterocycles. The number of nitrogens with two attached hydrogens (primary N) is 2. The lowest BCUT2D eigenvalue weighted by molar-refractivity contribution is 0.0927. The van der Waals surface area contributed by atoms with Crippen LogP contribution < -0.4 is 22.7 Å². The van der Waals surface area contributed by atoms with Crippen molar-refractivity contribution in [1.29, 1.82) is 0 Å². The average Bonchev–Trinajstić information content (AvgIpc) is 3.27. The maximum atomic E-state index is 12.9. The van der Waals surface area contributed by atoms with Gasteiger partial charge in [-0.05, 0) is 18.9 Å². The number of hydrazine groups is 1. The molecule has 1 saturated carbocycles. The number of aliphatic hydroxyl groups excluding tert-OH is 1. The van der Waals surface area contributed by atoms with Gasteiger partial charge in [0.1, 0.15) is 11.2 Å². The van der Waals surface area contributed by atoms with Crippen molar-refractivity contribution >= 4 is 23.0 Å². The topological polar surface area (TPSA) is 167 Å². The SMILES string of the molecule is NNC(=O)c1occc1-c1nc(N)nc2c1n(C1CC1)c(=O)n2CCO. The lowest BCUT2D eigenvalue weighted by atomic mass is 10.1. The summed E-state index contributed by atoms with van der Waals surface area (Å²) in [7, 11) is 0. The van der Waals surface area contributed by atoms with Gasteiger partial charge in [0.2, 0.25) is 11.7 Å². The molecule has 1 amide bonds. The Morgan fingerprint density at radius 2 is 2.19 bits per heavy atom. The van der Waals surface area contributed by atoms with E-state index >= 15 is 0 Å². The second-order valence-electron chi connectivity index (χ2n) is 6.00. The van der Waals surface area contributed by atoms with Crippen molar-refractivity contribution in [2.75, 3.05) is 12.3 Å². The van der Waals surface area contributed by atoms with Crippen molar-refractivity contribution in [2.45, 2.75) is 25.4 Å². The highest BCUT2D eigenvalue weighted by Crippen LogP contribution is 2.39. The molecule has 26 heavy (non-hydrogen) atoms. The van der Waals surface area contributed by atoms with E-state index in [0.717, 1.165) is 12.8 Å². The molecule has 0 unspecified atom stereocenters. The van der Waals surface area contributed by atoms with Gasteiger partial charge in [0.15, 0.2) is 5.65 Å². The van der Waals surface area contributed by atoms with Crippen LogP contribution in [-0.2, 0) is 6.54 Å². The summed E-state index contributed by atoms with van der Waals surface area (Å²) in [5.41, 5.74) is 8.96. The molecular weight excluding hydrogens is 342 g/mol. The van der Waals surface area contributed by atoms with Crippen LogP contribution in [0, 0.1) is 0 Å². The minimum Gasteiger partial charge on any atom is -0.458 e. The first-order valence-corrected chi connectivity index (χ1v) is 8.04. The average molecular weight is 359 g/mol. The first kappa shape index (κ1) is 16.3. The fraction of sp³-hybridized carbons (Fsp3) is 0.333. The standard InChI is InChI=1S/C15H17N7O4/c16-14-18-9(8-3-6-26-11(8)13(24)20-17)10-12(19-14)21(4-5-23)15(25)22(10)7-1-2-7/h3,6-7,23H,1-2,4-5,17H2,(H,20,24)(H2,16,18,19). The van der Waals surface area contributed by atoms with Gasteiger partial charge in [-0.3, -0.25) is 19.4 Å².